The number of benzene rings is 1. The van der Waals surface area contributed by atoms with Gasteiger partial charge in [0.25, 0.3) is 0 Å². The van der Waals surface area contributed by atoms with Gasteiger partial charge in [0.05, 0.1) is 24.7 Å². The van der Waals surface area contributed by atoms with Crippen molar-refractivity contribution in [2.45, 2.75) is 51.4 Å². The van der Waals surface area contributed by atoms with Gasteiger partial charge in [-0.1, -0.05) is 26.0 Å². The van der Waals surface area contributed by atoms with E-state index >= 15 is 0 Å². The zero-order valence-corrected chi connectivity index (χ0v) is 15.5. The number of nitrogens with zero attached hydrogens (tertiary/aromatic N) is 1. The second-order valence-electron chi connectivity index (χ2n) is 7.28. The minimum absolute atomic E-state index is 0.0231. The summed E-state index contributed by atoms with van der Waals surface area (Å²) in [7, 11) is 0. The van der Waals surface area contributed by atoms with Gasteiger partial charge in [-0.05, 0) is 36.1 Å². The Labute approximate surface area is 157 Å². The highest BCUT2D eigenvalue weighted by atomic mass is 19.1. The summed E-state index contributed by atoms with van der Waals surface area (Å²) in [5, 5.41) is 28.4. The highest BCUT2D eigenvalue weighted by molar-refractivity contribution is 5.97. The summed E-state index contributed by atoms with van der Waals surface area (Å²) in [4.78, 5) is 24.8. The summed E-state index contributed by atoms with van der Waals surface area (Å²) in [6.45, 7) is 4.03. The monoisotopic (exact) mass is 379 g/mol. The fourth-order valence-electron chi connectivity index (χ4n) is 3.44. The fourth-order valence-corrected chi connectivity index (χ4v) is 3.44. The van der Waals surface area contributed by atoms with Crippen LogP contribution in [0, 0.1) is 17.7 Å². The Hall–Kier alpha value is -2.25. The van der Waals surface area contributed by atoms with Crippen LogP contribution in [0.2, 0.25) is 0 Å². The molecule has 4 atom stereocenters. The third kappa shape index (κ3) is 5.61. The number of aliphatic carboxylic acids is 1. The lowest BCUT2D eigenvalue weighted by atomic mass is 9.88. The van der Waals surface area contributed by atoms with Crippen LogP contribution in [0.1, 0.15) is 33.1 Å². The van der Waals surface area contributed by atoms with Crippen molar-refractivity contribution in [1.82, 2.24) is 0 Å². The van der Waals surface area contributed by atoms with Crippen LogP contribution in [0.25, 0.3) is 0 Å². The topological polar surface area (TPSA) is 98.1 Å². The van der Waals surface area contributed by atoms with Gasteiger partial charge in [-0.3, -0.25) is 9.59 Å². The second-order valence-corrected chi connectivity index (χ2v) is 7.28. The van der Waals surface area contributed by atoms with Crippen molar-refractivity contribution < 1.29 is 29.3 Å². The van der Waals surface area contributed by atoms with E-state index in [1.54, 1.807) is 23.1 Å². The Kier molecular flexibility index (Phi) is 7.10. The summed E-state index contributed by atoms with van der Waals surface area (Å²) < 4.78 is 13.2. The molecular formula is C20H26FNO5. The maximum absolute atomic E-state index is 13.2. The number of carbonyl (C=O) groups is 2. The highest BCUT2D eigenvalue weighted by Crippen LogP contribution is 2.36. The molecule has 3 N–H and O–H groups in total. The average Bonchev–Trinajstić information content (AvgIpc) is 2.89. The van der Waals surface area contributed by atoms with E-state index in [1.165, 1.54) is 18.2 Å². The van der Waals surface area contributed by atoms with Gasteiger partial charge < -0.3 is 20.2 Å². The van der Waals surface area contributed by atoms with E-state index in [0.717, 1.165) is 0 Å². The van der Waals surface area contributed by atoms with Crippen molar-refractivity contribution in [2.24, 2.45) is 11.8 Å². The number of aliphatic hydroxyl groups is 2. The Bertz CT molecular complexity index is 688. The molecule has 1 heterocycles. The maximum Gasteiger partial charge on any atom is 0.305 e. The molecule has 1 aliphatic heterocycles. The molecule has 1 aromatic carbocycles. The zero-order valence-electron chi connectivity index (χ0n) is 15.5. The van der Waals surface area contributed by atoms with Gasteiger partial charge in [-0.25, -0.2) is 4.39 Å². The first-order chi connectivity index (χ1) is 12.7. The molecule has 1 amide bonds. The minimum atomic E-state index is -1.15. The van der Waals surface area contributed by atoms with Gasteiger partial charge in [-0.15, -0.1) is 0 Å². The van der Waals surface area contributed by atoms with Crippen LogP contribution in [0.15, 0.2) is 36.4 Å². The molecule has 0 spiro atoms. The molecule has 6 nitrogen and oxygen atoms in total. The number of anilines is 1. The van der Waals surface area contributed by atoms with Crippen molar-refractivity contribution >= 4 is 17.6 Å². The van der Waals surface area contributed by atoms with E-state index in [4.69, 9.17) is 5.11 Å². The molecule has 27 heavy (non-hydrogen) atoms. The Balaban J connectivity index is 2.18. The van der Waals surface area contributed by atoms with E-state index in [2.05, 4.69) is 0 Å². The summed E-state index contributed by atoms with van der Waals surface area (Å²) >= 11 is 0. The van der Waals surface area contributed by atoms with E-state index in [0.29, 0.717) is 12.1 Å². The molecule has 0 aromatic heterocycles. The predicted molar refractivity (Wildman–Crippen MR) is 98.6 cm³/mol. The van der Waals surface area contributed by atoms with Crippen molar-refractivity contribution in [3.63, 3.8) is 0 Å². The normalized spacial score (nSPS) is 22.6. The second kappa shape index (κ2) is 9.10. The van der Waals surface area contributed by atoms with Gasteiger partial charge in [0.1, 0.15) is 5.82 Å². The summed E-state index contributed by atoms with van der Waals surface area (Å²) in [5.74, 6) is -1.36. The average molecular weight is 379 g/mol. The van der Waals surface area contributed by atoms with Gasteiger partial charge >= 0.3 is 5.97 Å². The predicted octanol–water partition coefficient (Wildman–Crippen LogP) is 2.35. The molecule has 1 saturated heterocycles. The quantitative estimate of drug-likeness (QED) is 0.602. The molecule has 148 valence electrons. The third-order valence-corrected chi connectivity index (χ3v) is 4.83. The lowest BCUT2D eigenvalue weighted by molar-refractivity contribution is -0.139. The third-order valence-electron chi connectivity index (χ3n) is 4.83. The van der Waals surface area contributed by atoms with E-state index < -0.39 is 24.6 Å². The first-order valence-electron chi connectivity index (χ1n) is 9.03. The highest BCUT2D eigenvalue weighted by Gasteiger charge is 2.40. The first kappa shape index (κ1) is 21.1. The van der Waals surface area contributed by atoms with Gasteiger partial charge in [0.15, 0.2) is 0 Å². The fraction of sp³-hybridized carbons (Fsp3) is 0.500. The van der Waals surface area contributed by atoms with Crippen molar-refractivity contribution in [3.05, 3.63) is 42.2 Å². The molecule has 1 aromatic rings. The molecule has 2 rings (SSSR count). The molecule has 0 bridgehead atoms. The number of hydrogen-bond acceptors (Lipinski definition) is 4. The molecule has 7 heteroatoms. The van der Waals surface area contributed by atoms with Crippen LogP contribution in [-0.2, 0) is 9.59 Å². The van der Waals surface area contributed by atoms with Crippen LogP contribution < -0.4 is 4.90 Å². The largest absolute Gasteiger partial charge is 0.481 e. The number of carboxylic acid groups (broad SMARTS) is 1. The number of amides is 1. The molecule has 0 radical (unpaired) electrons. The molecule has 1 aliphatic rings. The van der Waals surface area contributed by atoms with E-state index in [-0.39, 0.29) is 36.0 Å². The first-order valence-corrected chi connectivity index (χ1v) is 9.03. The van der Waals surface area contributed by atoms with Crippen LogP contribution in [0.5, 0.6) is 0 Å². The van der Waals surface area contributed by atoms with Gasteiger partial charge in [0.2, 0.25) is 5.91 Å². The van der Waals surface area contributed by atoms with Gasteiger partial charge in [-0.2, -0.15) is 0 Å². The number of carbonyl (C=O) groups excluding carboxylic acids is 1. The van der Waals surface area contributed by atoms with Crippen LogP contribution in [0.4, 0.5) is 10.1 Å². The maximum atomic E-state index is 13.2. The van der Waals surface area contributed by atoms with Crippen molar-refractivity contribution in [1.29, 1.82) is 0 Å². The Morgan fingerprint density at radius 1 is 1.30 bits per heavy atom. The SMILES string of the molecule is CC(C)C1CC(=O)N(c2ccc(F)cc2)C1/C=C/[C@@H](O)C[C@@H](O)CC(=O)O. The van der Waals surface area contributed by atoms with Gasteiger partial charge in [0, 0.05) is 18.5 Å². The zero-order chi connectivity index (χ0) is 20.1. The smallest absolute Gasteiger partial charge is 0.305 e. The lowest BCUT2D eigenvalue weighted by Gasteiger charge is -2.28. The molecular weight excluding hydrogens is 353 g/mol. The number of hydrogen-bond donors (Lipinski definition) is 3. The summed E-state index contributed by atoms with van der Waals surface area (Å²) in [6, 6.07) is 5.37. The number of halogens is 1. The molecule has 1 fully saturated rings. The van der Waals surface area contributed by atoms with Crippen LogP contribution in [0.3, 0.4) is 0 Å². The van der Waals surface area contributed by atoms with E-state index in [1.807, 2.05) is 13.8 Å². The standard InChI is InChI=1S/C20H26FNO5/c1-12(2)17-11-19(25)22(14-5-3-13(21)4-6-14)18(17)8-7-15(23)9-16(24)10-20(26)27/h3-8,12,15-18,23-24H,9-11H2,1-2H3,(H,26,27)/b8-7+/t15-,16-,17?,18?/m1/s1. The van der Waals surface area contributed by atoms with Crippen LogP contribution >= 0.6 is 0 Å². The number of carboxylic acids is 1. The minimum Gasteiger partial charge on any atom is -0.481 e. The Morgan fingerprint density at radius 3 is 2.48 bits per heavy atom. The van der Waals surface area contributed by atoms with Crippen LogP contribution in [-0.4, -0.2) is 45.4 Å². The van der Waals surface area contributed by atoms with Crippen molar-refractivity contribution in [3.8, 4) is 0 Å². The number of aliphatic hydroxyl groups excluding tert-OH is 2. The molecule has 2 unspecified atom stereocenters. The van der Waals surface area contributed by atoms with E-state index in [9.17, 15) is 24.2 Å². The van der Waals surface area contributed by atoms with Crippen molar-refractivity contribution in [2.75, 3.05) is 4.90 Å². The lowest BCUT2D eigenvalue weighted by Crippen LogP contribution is -2.35. The summed E-state index contributed by atoms with van der Waals surface area (Å²) in [6.07, 6.45) is 0.827. The Morgan fingerprint density at radius 2 is 1.93 bits per heavy atom. The number of rotatable bonds is 8. The molecule has 0 aliphatic carbocycles. The molecule has 0 saturated carbocycles. The summed E-state index contributed by atoms with van der Waals surface area (Å²) in [5.41, 5.74) is 0.583.